The number of benzene rings is 1. The lowest BCUT2D eigenvalue weighted by Gasteiger charge is -2.14. The van der Waals surface area contributed by atoms with Crippen LogP contribution in [0.4, 0.5) is 0 Å². The topological polar surface area (TPSA) is 85.7 Å². The highest BCUT2D eigenvalue weighted by Gasteiger charge is 2.31. The van der Waals surface area contributed by atoms with E-state index in [2.05, 4.69) is 51.1 Å². The standard InChI is InChI=1S/C14H12N2.C12H6N2O2/c1-9-8-12-6-5-11-4-3-7-15-13(11)14(12)16-10(9)2;15-11-7-3-1-5-13-9(7)10-8(12(11)16)4-2-6-14-10/h3-8H,1-2H3;1-6H. The molecule has 0 amide bonds. The quantitative estimate of drug-likeness (QED) is 0.262. The Bertz CT molecular complexity index is 1490. The lowest BCUT2D eigenvalue weighted by Crippen LogP contribution is -2.22. The Kier molecular flexibility index (Phi) is 4.75. The maximum absolute atomic E-state index is 11.8. The lowest BCUT2D eigenvalue weighted by atomic mass is 9.91. The molecule has 0 bridgehead atoms. The predicted octanol–water partition coefficient (Wildman–Crippen LogP) is 4.92. The van der Waals surface area contributed by atoms with Gasteiger partial charge in [0.1, 0.15) is 11.4 Å². The molecule has 0 fully saturated rings. The summed E-state index contributed by atoms with van der Waals surface area (Å²) in [4.78, 5) is 40.8. The zero-order valence-corrected chi connectivity index (χ0v) is 17.5. The van der Waals surface area contributed by atoms with E-state index in [1.54, 1.807) is 36.7 Å². The second kappa shape index (κ2) is 7.74. The molecule has 0 saturated heterocycles. The fourth-order valence-electron chi connectivity index (χ4n) is 3.77. The van der Waals surface area contributed by atoms with E-state index in [0.717, 1.165) is 27.5 Å². The highest BCUT2D eigenvalue weighted by molar-refractivity contribution is 6.52. The van der Waals surface area contributed by atoms with Crippen LogP contribution in [0.3, 0.4) is 0 Å². The van der Waals surface area contributed by atoms with Crippen molar-refractivity contribution in [3.05, 3.63) is 95.6 Å². The smallest absolute Gasteiger partial charge is 0.235 e. The number of pyridine rings is 4. The molecule has 0 saturated carbocycles. The van der Waals surface area contributed by atoms with Gasteiger partial charge < -0.3 is 0 Å². The van der Waals surface area contributed by atoms with E-state index in [4.69, 9.17) is 0 Å². The molecule has 0 aliphatic heterocycles. The summed E-state index contributed by atoms with van der Waals surface area (Å²) in [6.07, 6.45) is 4.99. The third-order valence-corrected chi connectivity index (χ3v) is 5.54. The van der Waals surface area contributed by atoms with Crippen LogP contribution in [0.1, 0.15) is 32.0 Å². The molecule has 6 rings (SSSR count). The van der Waals surface area contributed by atoms with Crippen LogP contribution in [0.2, 0.25) is 0 Å². The Morgan fingerprint density at radius 2 is 1.19 bits per heavy atom. The molecule has 1 aliphatic rings. The molecule has 1 aromatic carbocycles. The van der Waals surface area contributed by atoms with Gasteiger partial charge in [-0.3, -0.25) is 29.5 Å². The van der Waals surface area contributed by atoms with Crippen LogP contribution in [-0.4, -0.2) is 31.5 Å². The van der Waals surface area contributed by atoms with E-state index in [1.807, 2.05) is 19.2 Å². The van der Waals surface area contributed by atoms with Gasteiger partial charge in [-0.1, -0.05) is 18.2 Å². The monoisotopic (exact) mass is 418 g/mol. The molecule has 0 radical (unpaired) electrons. The number of hydrogen-bond acceptors (Lipinski definition) is 6. The van der Waals surface area contributed by atoms with Crippen molar-refractivity contribution in [1.82, 2.24) is 19.9 Å². The minimum atomic E-state index is -0.511. The van der Waals surface area contributed by atoms with Crippen LogP contribution in [-0.2, 0) is 0 Å². The minimum Gasteiger partial charge on any atom is -0.285 e. The summed E-state index contributed by atoms with van der Waals surface area (Å²) in [5, 5.41) is 2.31. The summed E-state index contributed by atoms with van der Waals surface area (Å²) < 4.78 is 0. The van der Waals surface area contributed by atoms with Gasteiger partial charge >= 0.3 is 0 Å². The molecular weight excluding hydrogens is 400 g/mol. The summed E-state index contributed by atoms with van der Waals surface area (Å²) in [6.45, 7) is 4.13. The molecule has 6 heteroatoms. The third-order valence-electron chi connectivity index (χ3n) is 5.54. The summed E-state index contributed by atoms with van der Waals surface area (Å²) in [5.41, 5.74) is 5.93. The Labute approximate surface area is 184 Å². The number of carbonyl (C=O) groups is 2. The van der Waals surface area contributed by atoms with Gasteiger partial charge in [-0.15, -0.1) is 0 Å². The number of hydrogen-bond donors (Lipinski definition) is 0. The Morgan fingerprint density at radius 3 is 1.84 bits per heavy atom. The molecule has 4 heterocycles. The van der Waals surface area contributed by atoms with E-state index in [9.17, 15) is 9.59 Å². The molecule has 5 aromatic rings. The van der Waals surface area contributed by atoms with Crippen molar-refractivity contribution in [2.24, 2.45) is 0 Å². The highest BCUT2D eigenvalue weighted by atomic mass is 16.2. The van der Waals surface area contributed by atoms with Crippen molar-refractivity contribution in [1.29, 1.82) is 0 Å². The molecule has 154 valence electrons. The number of Topliss-reactive ketones (excluding diaryl/α,β-unsaturated/α-hetero) is 2. The molecule has 0 N–H and O–H groups in total. The van der Waals surface area contributed by atoms with E-state index >= 15 is 0 Å². The number of ketones is 2. The van der Waals surface area contributed by atoms with Crippen molar-refractivity contribution in [3.63, 3.8) is 0 Å². The number of carbonyl (C=O) groups excluding carboxylic acids is 2. The maximum Gasteiger partial charge on any atom is 0.235 e. The highest BCUT2D eigenvalue weighted by Crippen LogP contribution is 2.29. The summed E-state index contributed by atoms with van der Waals surface area (Å²) in [5.74, 6) is -1.02. The Balaban J connectivity index is 0.000000135. The molecule has 32 heavy (non-hydrogen) atoms. The van der Waals surface area contributed by atoms with Crippen molar-refractivity contribution < 1.29 is 9.59 Å². The normalized spacial score (nSPS) is 12.2. The van der Waals surface area contributed by atoms with Gasteiger partial charge in [-0.25, -0.2) is 0 Å². The largest absolute Gasteiger partial charge is 0.285 e. The number of aryl methyl sites for hydroxylation is 2. The average molecular weight is 418 g/mol. The first-order valence-corrected chi connectivity index (χ1v) is 10.2. The summed E-state index contributed by atoms with van der Waals surface area (Å²) >= 11 is 0. The lowest BCUT2D eigenvalue weighted by molar-refractivity contribution is 0.0814. The van der Waals surface area contributed by atoms with Crippen molar-refractivity contribution in [2.75, 3.05) is 0 Å². The average Bonchev–Trinajstić information content (AvgIpc) is 2.84. The van der Waals surface area contributed by atoms with E-state index in [1.165, 1.54) is 5.56 Å². The molecule has 0 atom stereocenters. The van der Waals surface area contributed by atoms with Gasteiger partial charge in [0.25, 0.3) is 0 Å². The van der Waals surface area contributed by atoms with Gasteiger partial charge in [-0.05, 0) is 55.8 Å². The number of aromatic nitrogens is 4. The van der Waals surface area contributed by atoms with E-state index in [-0.39, 0.29) is 0 Å². The molecule has 0 unspecified atom stereocenters. The first kappa shape index (κ1) is 19.6. The SMILES string of the molecule is Cc1cc2ccc3cccnc3c2nc1C.O=C1C(=O)c2cccnc2-c2ncccc21. The Hall–Kier alpha value is -4.32. The second-order valence-electron chi connectivity index (χ2n) is 7.56. The number of fused-ring (bicyclic) bond motifs is 6. The number of nitrogens with zero attached hydrogens (tertiary/aromatic N) is 4. The van der Waals surface area contributed by atoms with Gasteiger partial charge in [0, 0.05) is 35.1 Å². The first-order valence-electron chi connectivity index (χ1n) is 10.2. The van der Waals surface area contributed by atoms with Gasteiger partial charge in [0.2, 0.25) is 11.6 Å². The molecule has 6 nitrogen and oxygen atoms in total. The van der Waals surface area contributed by atoms with Crippen LogP contribution in [0.25, 0.3) is 33.2 Å². The van der Waals surface area contributed by atoms with E-state index in [0.29, 0.717) is 22.5 Å². The zero-order valence-electron chi connectivity index (χ0n) is 17.5. The summed E-state index contributed by atoms with van der Waals surface area (Å²) in [7, 11) is 0. The molecule has 1 aliphatic carbocycles. The maximum atomic E-state index is 11.8. The van der Waals surface area contributed by atoms with Crippen molar-refractivity contribution in [2.45, 2.75) is 13.8 Å². The zero-order chi connectivity index (χ0) is 22.2. The fraction of sp³-hybridized carbons (Fsp3) is 0.0769. The van der Waals surface area contributed by atoms with Crippen LogP contribution < -0.4 is 0 Å². The minimum absolute atomic E-state index is 0.332. The van der Waals surface area contributed by atoms with Crippen molar-refractivity contribution in [3.8, 4) is 11.4 Å². The van der Waals surface area contributed by atoms with Crippen LogP contribution in [0.15, 0.2) is 73.2 Å². The van der Waals surface area contributed by atoms with Gasteiger partial charge in [0.05, 0.1) is 22.2 Å². The fourth-order valence-corrected chi connectivity index (χ4v) is 3.77. The summed E-state index contributed by atoms with van der Waals surface area (Å²) in [6, 6.07) is 16.9. The second-order valence-corrected chi connectivity index (χ2v) is 7.56. The van der Waals surface area contributed by atoms with Crippen LogP contribution in [0.5, 0.6) is 0 Å². The van der Waals surface area contributed by atoms with Crippen LogP contribution >= 0.6 is 0 Å². The van der Waals surface area contributed by atoms with E-state index < -0.39 is 11.6 Å². The molecule has 0 spiro atoms. The first-order chi connectivity index (χ1) is 15.5. The Morgan fingerprint density at radius 1 is 0.625 bits per heavy atom. The third kappa shape index (κ3) is 3.22. The predicted molar refractivity (Wildman–Crippen MR) is 123 cm³/mol. The molecular formula is C26H18N4O2. The van der Waals surface area contributed by atoms with Crippen LogP contribution in [0, 0.1) is 13.8 Å². The van der Waals surface area contributed by atoms with Gasteiger partial charge in [0.15, 0.2) is 0 Å². The number of rotatable bonds is 0. The van der Waals surface area contributed by atoms with Gasteiger partial charge in [-0.2, -0.15) is 0 Å². The van der Waals surface area contributed by atoms with Crippen molar-refractivity contribution >= 4 is 33.4 Å². The molecule has 4 aromatic heterocycles.